The van der Waals surface area contributed by atoms with Crippen LogP contribution in [0, 0.1) is 11.3 Å². The van der Waals surface area contributed by atoms with Gasteiger partial charge in [-0.3, -0.25) is 14.4 Å². The predicted octanol–water partition coefficient (Wildman–Crippen LogP) is 1.93. The van der Waals surface area contributed by atoms with Crippen LogP contribution in [0.5, 0.6) is 11.5 Å². The molecule has 7 aliphatic rings. The van der Waals surface area contributed by atoms with Crippen molar-refractivity contribution >= 4 is 23.4 Å². The average molecular weight is 494 g/mol. The van der Waals surface area contributed by atoms with Crippen molar-refractivity contribution < 1.29 is 29.0 Å². The highest BCUT2D eigenvalue weighted by atomic mass is 16.5. The van der Waals surface area contributed by atoms with Crippen LogP contribution in [0.3, 0.4) is 0 Å². The molecule has 190 valence electrons. The third kappa shape index (κ3) is 2.13. The summed E-state index contributed by atoms with van der Waals surface area (Å²) in [6, 6.07) is 3.82. The zero-order chi connectivity index (χ0) is 25.6. The lowest BCUT2D eigenvalue weighted by Crippen LogP contribution is -2.79. The van der Waals surface area contributed by atoms with Gasteiger partial charge in [-0.15, -0.1) is 0 Å². The molecule has 1 aromatic rings. The minimum atomic E-state index is -1.16. The van der Waals surface area contributed by atoms with Gasteiger partial charge in [-0.25, -0.2) is 0 Å². The molecule has 0 radical (unpaired) electrons. The number of likely N-dealkylation sites (N-methyl/N-ethyl adjacent to an activating group) is 1. The number of anilines is 1. The summed E-state index contributed by atoms with van der Waals surface area (Å²) in [4.78, 5) is 44.1. The van der Waals surface area contributed by atoms with E-state index in [-0.39, 0.29) is 30.1 Å². The van der Waals surface area contributed by atoms with Gasteiger partial charge in [-0.2, -0.15) is 0 Å². The fourth-order valence-electron chi connectivity index (χ4n) is 8.58. The van der Waals surface area contributed by atoms with Gasteiger partial charge in [0, 0.05) is 20.0 Å². The fourth-order valence-corrected chi connectivity index (χ4v) is 8.58. The minimum Gasteiger partial charge on any atom is -0.480 e. The number of rotatable bonds is 0. The number of carbonyl (C=O) groups is 3. The molecule has 1 aliphatic carbocycles. The molecule has 1 saturated carbocycles. The summed E-state index contributed by atoms with van der Waals surface area (Å²) in [5, 5.41) is 13.6. The molecular formula is C27H31N3O6. The average Bonchev–Trinajstić information content (AvgIpc) is 3.25. The van der Waals surface area contributed by atoms with E-state index in [2.05, 4.69) is 19.2 Å². The van der Waals surface area contributed by atoms with Gasteiger partial charge >= 0.3 is 0 Å². The smallest absolute Gasteiger partial charge is 0.252 e. The van der Waals surface area contributed by atoms with Crippen LogP contribution < -0.4 is 14.8 Å². The number of benzene rings is 1. The number of aliphatic hydroxyl groups is 1. The third-order valence-corrected chi connectivity index (χ3v) is 10.4. The Kier molecular flexibility index (Phi) is 3.74. The molecule has 9 heteroatoms. The van der Waals surface area contributed by atoms with Crippen molar-refractivity contribution in [1.82, 2.24) is 9.80 Å². The minimum absolute atomic E-state index is 0.0476. The lowest BCUT2D eigenvalue weighted by molar-refractivity contribution is -0.188. The topological polar surface area (TPSA) is 108 Å². The van der Waals surface area contributed by atoms with Gasteiger partial charge in [-0.1, -0.05) is 19.9 Å². The van der Waals surface area contributed by atoms with E-state index in [1.165, 1.54) is 0 Å². The normalized spacial score (nSPS) is 40.3. The van der Waals surface area contributed by atoms with Gasteiger partial charge in [-0.05, 0) is 55.7 Å². The van der Waals surface area contributed by atoms with Crippen LogP contribution in [0.1, 0.15) is 52.5 Å². The SMILES string of the molecule is CN1C(=O)[C@@]23CC(O)C(=O)N2C[C@@]12C[C@@]1(C(=O)Nc4c1ccc1c4OC=CC(C)(C)O1)C(C)(C)[C@@H]2C3. The van der Waals surface area contributed by atoms with Gasteiger partial charge in [0.05, 0.1) is 22.9 Å². The highest BCUT2D eigenvalue weighted by Crippen LogP contribution is 2.72. The quantitative estimate of drug-likeness (QED) is 0.572. The van der Waals surface area contributed by atoms with Crippen molar-refractivity contribution in [1.29, 1.82) is 0 Å². The van der Waals surface area contributed by atoms with E-state index in [9.17, 15) is 19.5 Å². The fraction of sp³-hybridized carbons (Fsp3) is 0.593. The number of piperidine rings is 2. The molecule has 1 aromatic carbocycles. The Bertz CT molecular complexity index is 1320. The number of hydrogen-bond donors (Lipinski definition) is 2. The number of aliphatic hydroxyl groups excluding tert-OH is 1. The molecule has 5 fully saturated rings. The molecule has 9 nitrogen and oxygen atoms in total. The highest BCUT2D eigenvalue weighted by molar-refractivity contribution is 6.10. The second kappa shape index (κ2) is 6.07. The van der Waals surface area contributed by atoms with Crippen LogP contribution >= 0.6 is 0 Å². The van der Waals surface area contributed by atoms with E-state index in [1.54, 1.807) is 23.1 Å². The lowest BCUT2D eigenvalue weighted by Gasteiger charge is -2.63. The van der Waals surface area contributed by atoms with Gasteiger partial charge in [0.1, 0.15) is 17.2 Å². The van der Waals surface area contributed by atoms with Crippen LogP contribution in [-0.2, 0) is 19.8 Å². The second-order valence-corrected chi connectivity index (χ2v) is 12.6. The molecule has 2 bridgehead atoms. The zero-order valence-electron chi connectivity index (χ0n) is 21.2. The Hall–Kier alpha value is -3.07. The molecule has 8 rings (SSSR count). The molecule has 5 atom stereocenters. The maximum Gasteiger partial charge on any atom is 0.252 e. The van der Waals surface area contributed by atoms with E-state index >= 15 is 0 Å². The number of nitrogens with zero attached hydrogens (tertiary/aromatic N) is 2. The number of nitrogens with one attached hydrogen (secondary N) is 1. The first-order chi connectivity index (χ1) is 16.8. The molecule has 6 aliphatic heterocycles. The molecule has 2 N–H and O–H groups in total. The number of fused-ring (bicyclic) bond motifs is 5. The summed E-state index contributed by atoms with van der Waals surface area (Å²) in [6.07, 6.45) is 3.20. The van der Waals surface area contributed by atoms with E-state index in [1.807, 2.05) is 32.1 Å². The maximum atomic E-state index is 14.1. The standard InChI is InChI=1S/C27H31N3O6/c1-23(2)8-9-35-19-16(36-23)7-6-14-18(19)28-21(33)27(14)12-26-13-30-20(32)15(31)10-25(30,22(34)29(26)5)11-17(26)24(27,3)4/h6-9,15,17,31H,10-13H2,1-5H3,(H,28,33)/t15?,17-,25-,26+,27+/m0/s1. The Labute approximate surface area is 209 Å². The summed E-state index contributed by atoms with van der Waals surface area (Å²) in [7, 11) is 1.80. The summed E-state index contributed by atoms with van der Waals surface area (Å²) in [6.45, 7) is 8.42. The number of carbonyl (C=O) groups excluding carboxylic acids is 3. The number of hydrogen-bond acceptors (Lipinski definition) is 6. The molecule has 0 aromatic heterocycles. The van der Waals surface area contributed by atoms with Crippen LogP contribution in [0.25, 0.3) is 0 Å². The highest BCUT2D eigenvalue weighted by Gasteiger charge is 2.80. The number of ether oxygens (including phenoxy) is 2. The van der Waals surface area contributed by atoms with Crippen molar-refractivity contribution in [3.63, 3.8) is 0 Å². The van der Waals surface area contributed by atoms with Gasteiger partial charge in [0.25, 0.3) is 5.91 Å². The van der Waals surface area contributed by atoms with E-state index in [4.69, 9.17) is 9.47 Å². The van der Waals surface area contributed by atoms with Gasteiger partial charge < -0.3 is 29.7 Å². The monoisotopic (exact) mass is 493 g/mol. The molecule has 3 spiro atoms. The lowest BCUT2D eigenvalue weighted by atomic mass is 9.57. The molecule has 3 amide bonds. The van der Waals surface area contributed by atoms with Crippen molar-refractivity contribution in [3.05, 3.63) is 30.0 Å². The summed E-state index contributed by atoms with van der Waals surface area (Å²) in [5.74, 6) is 0.355. The Balaban J connectivity index is 1.41. The largest absolute Gasteiger partial charge is 0.480 e. The summed E-state index contributed by atoms with van der Waals surface area (Å²) >= 11 is 0. The molecule has 4 saturated heterocycles. The van der Waals surface area contributed by atoms with Crippen LogP contribution in [-0.4, -0.2) is 69.0 Å². The first-order valence-corrected chi connectivity index (χ1v) is 12.6. The first kappa shape index (κ1) is 22.2. The van der Waals surface area contributed by atoms with Crippen molar-refractivity contribution in [3.8, 4) is 11.5 Å². The Morgan fingerprint density at radius 3 is 2.61 bits per heavy atom. The molecule has 1 unspecified atom stereocenters. The summed E-state index contributed by atoms with van der Waals surface area (Å²) in [5.41, 5.74) is -2.36. The maximum absolute atomic E-state index is 14.1. The van der Waals surface area contributed by atoms with Gasteiger partial charge in [0.2, 0.25) is 11.8 Å². The predicted molar refractivity (Wildman–Crippen MR) is 128 cm³/mol. The summed E-state index contributed by atoms with van der Waals surface area (Å²) < 4.78 is 12.2. The number of piperazine rings is 1. The van der Waals surface area contributed by atoms with E-state index in [0.717, 1.165) is 5.56 Å². The van der Waals surface area contributed by atoms with Crippen LogP contribution in [0.2, 0.25) is 0 Å². The van der Waals surface area contributed by atoms with E-state index in [0.29, 0.717) is 36.6 Å². The molecule has 6 heterocycles. The molecular weight excluding hydrogens is 462 g/mol. The second-order valence-electron chi connectivity index (χ2n) is 12.6. The zero-order valence-corrected chi connectivity index (χ0v) is 21.2. The third-order valence-electron chi connectivity index (χ3n) is 10.4. The van der Waals surface area contributed by atoms with Crippen LogP contribution in [0.15, 0.2) is 24.5 Å². The van der Waals surface area contributed by atoms with Crippen molar-refractivity contribution in [2.45, 2.75) is 75.2 Å². The Morgan fingerprint density at radius 2 is 1.86 bits per heavy atom. The van der Waals surface area contributed by atoms with E-state index < -0.39 is 33.6 Å². The van der Waals surface area contributed by atoms with Crippen molar-refractivity contribution in [2.75, 3.05) is 18.9 Å². The Morgan fingerprint density at radius 1 is 1.11 bits per heavy atom. The number of amides is 3. The molecule has 36 heavy (non-hydrogen) atoms. The van der Waals surface area contributed by atoms with Crippen LogP contribution in [0.4, 0.5) is 5.69 Å². The van der Waals surface area contributed by atoms with Crippen molar-refractivity contribution in [2.24, 2.45) is 11.3 Å². The van der Waals surface area contributed by atoms with Gasteiger partial charge in [0.15, 0.2) is 11.5 Å². The first-order valence-electron chi connectivity index (χ1n) is 12.6.